The average molecular weight is 144 g/mol. The van der Waals surface area contributed by atoms with Gasteiger partial charge in [0, 0.05) is 0 Å². The van der Waals surface area contributed by atoms with E-state index in [9.17, 15) is 4.79 Å². The van der Waals surface area contributed by atoms with Crippen molar-refractivity contribution in [1.29, 1.82) is 0 Å². The van der Waals surface area contributed by atoms with Crippen LogP contribution in [-0.4, -0.2) is 11.4 Å². The minimum absolute atomic E-state index is 0.144. The monoisotopic (exact) mass is 144 g/mol. The number of rotatable bonds is 3. The summed E-state index contributed by atoms with van der Waals surface area (Å²) in [5.41, 5.74) is 9.87. The molecule has 0 heterocycles. The summed E-state index contributed by atoms with van der Waals surface area (Å²) in [5, 5.41) is 0. The van der Waals surface area contributed by atoms with E-state index in [0.717, 1.165) is 6.42 Å². The lowest BCUT2D eigenvalue weighted by Crippen LogP contribution is -2.53. The van der Waals surface area contributed by atoms with Crippen molar-refractivity contribution in [1.82, 2.24) is 0 Å². The van der Waals surface area contributed by atoms with Gasteiger partial charge in [0.1, 0.15) is 0 Å². The molecular formula is C7H16N2O. The molecule has 0 rings (SSSR count). The number of nitrogens with two attached hydrogens (primary N) is 2. The smallest absolute Gasteiger partial charge is 0.237 e. The van der Waals surface area contributed by atoms with E-state index in [1.807, 2.05) is 13.8 Å². The molecule has 0 aliphatic rings. The van der Waals surface area contributed by atoms with Gasteiger partial charge in [-0.15, -0.1) is 0 Å². The lowest BCUT2D eigenvalue weighted by Gasteiger charge is -2.26. The fourth-order valence-corrected chi connectivity index (χ4v) is 0.667. The zero-order valence-electron chi connectivity index (χ0n) is 6.85. The van der Waals surface area contributed by atoms with Crippen molar-refractivity contribution >= 4 is 5.91 Å². The van der Waals surface area contributed by atoms with Crippen LogP contribution in [0.4, 0.5) is 0 Å². The summed E-state index contributed by atoms with van der Waals surface area (Å²) in [7, 11) is 0. The van der Waals surface area contributed by atoms with Crippen LogP contribution in [0.1, 0.15) is 27.2 Å². The predicted octanol–water partition coefficient (Wildman–Crippen LogP) is 0.235. The van der Waals surface area contributed by atoms with Gasteiger partial charge in [-0.3, -0.25) is 4.79 Å². The molecule has 0 aromatic rings. The Morgan fingerprint density at radius 2 is 2.10 bits per heavy atom. The third-order valence-electron chi connectivity index (χ3n) is 2.17. The zero-order valence-corrected chi connectivity index (χ0v) is 6.85. The highest BCUT2D eigenvalue weighted by Crippen LogP contribution is 2.15. The van der Waals surface area contributed by atoms with Crippen LogP contribution >= 0.6 is 0 Å². The fraction of sp³-hybridized carbons (Fsp3) is 0.857. The van der Waals surface area contributed by atoms with E-state index in [4.69, 9.17) is 11.5 Å². The van der Waals surface area contributed by atoms with Gasteiger partial charge in [-0.25, -0.2) is 0 Å². The molecule has 0 radical (unpaired) electrons. The molecule has 2 unspecified atom stereocenters. The van der Waals surface area contributed by atoms with E-state index < -0.39 is 11.4 Å². The molecule has 1 amide bonds. The molecule has 0 bridgehead atoms. The van der Waals surface area contributed by atoms with Crippen molar-refractivity contribution in [2.45, 2.75) is 32.7 Å². The summed E-state index contributed by atoms with van der Waals surface area (Å²) in [6, 6.07) is 0. The third-order valence-corrected chi connectivity index (χ3v) is 2.17. The second kappa shape index (κ2) is 3.01. The molecule has 0 spiro atoms. The van der Waals surface area contributed by atoms with Gasteiger partial charge >= 0.3 is 0 Å². The molecule has 0 aliphatic carbocycles. The topological polar surface area (TPSA) is 69.1 Å². The third kappa shape index (κ3) is 1.70. The van der Waals surface area contributed by atoms with Gasteiger partial charge in [-0.1, -0.05) is 20.3 Å². The normalized spacial score (nSPS) is 19.6. The SMILES string of the molecule is CCC(C)C(C)(N)C(N)=O. The second-order valence-corrected chi connectivity index (χ2v) is 2.96. The second-order valence-electron chi connectivity index (χ2n) is 2.96. The molecular weight excluding hydrogens is 128 g/mol. The van der Waals surface area contributed by atoms with Crippen LogP contribution in [-0.2, 0) is 4.79 Å². The van der Waals surface area contributed by atoms with E-state index in [-0.39, 0.29) is 5.92 Å². The first-order chi connectivity index (χ1) is 4.42. The molecule has 0 saturated heterocycles. The van der Waals surface area contributed by atoms with Gasteiger partial charge in [0.05, 0.1) is 5.54 Å². The first kappa shape index (κ1) is 9.43. The predicted molar refractivity (Wildman–Crippen MR) is 41.2 cm³/mol. The van der Waals surface area contributed by atoms with Crippen LogP contribution in [0.15, 0.2) is 0 Å². The maximum absolute atomic E-state index is 10.7. The molecule has 60 valence electrons. The van der Waals surface area contributed by atoms with E-state index in [2.05, 4.69) is 0 Å². The van der Waals surface area contributed by atoms with Crippen LogP contribution in [0.25, 0.3) is 0 Å². The van der Waals surface area contributed by atoms with Gasteiger partial charge < -0.3 is 11.5 Å². The quantitative estimate of drug-likeness (QED) is 0.595. The van der Waals surface area contributed by atoms with Crippen LogP contribution < -0.4 is 11.5 Å². The molecule has 0 aliphatic heterocycles. The van der Waals surface area contributed by atoms with Gasteiger partial charge in [-0.05, 0) is 12.8 Å². The highest BCUT2D eigenvalue weighted by atomic mass is 16.1. The van der Waals surface area contributed by atoms with E-state index in [1.54, 1.807) is 6.92 Å². The fourth-order valence-electron chi connectivity index (χ4n) is 0.667. The Hall–Kier alpha value is -0.570. The number of primary amides is 1. The lowest BCUT2D eigenvalue weighted by molar-refractivity contribution is -0.124. The van der Waals surface area contributed by atoms with Gasteiger partial charge in [-0.2, -0.15) is 0 Å². The summed E-state index contributed by atoms with van der Waals surface area (Å²) in [5.74, 6) is -0.285. The Balaban J connectivity index is 4.23. The Morgan fingerprint density at radius 3 is 2.20 bits per heavy atom. The first-order valence-corrected chi connectivity index (χ1v) is 3.51. The van der Waals surface area contributed by atoms with Crippen molar-refractivity contribution in [2.75, 3.05) is 0 Å². The molecule has 0 fully saturated rings. The minimum Gasteiger partial charge on any atom is -0.368 e. The number of carbonyl (C=O) groups excluding carboxylic acids is 1. The summed E-state index contributed by atoms with van der Waals surface area (Å²) < 4.78 is 0. The van der Waals surface area contributed by atoms with Crippen molar-refractivity contribution in [3.8, 4) is 0 Å². The number of carbonyl (C=O) groups is 1. The maximum Gasteiger partial charge on any atom is 0.237 e. The van der Waals surface area contributed by atoms with Crippen molar-refractivity contribution in [3.63, 3.8) is 0 Å². The van der Waals surface area contributed by atoms with E-state index >= 15 is 0 Å². The van der Waals surface area contributed by atoms with Gasteiger partial charge in [0.2, 0.25) is 5.91 Å². The largest absolute Gasteiger partial charge is 0.368 e. The molecule has 0 aromatic heterocycles. The van der Waals surface area contributed by atoms with Crippen molar-refractivity contribution in [3.05, 3.63) is 0 Å². The molecule has 10 heavy (non-hydrogen) atoms. The highest BCUT2D eigenvalue weighted by molar-refractivity contribution is 5.84. The van der Waals surface area contributed by atoms with Gasteiger partial charge in [0.25, 0.3) is 0 Å². The summed E-state index contributed by atoms with van der Waals surface area (Å²) >= 11 is 0. The lowest BCUT2D eigenvalue weighted by atomic mass is 9.86. The average Bonchev–Trinajstić information content (AvgIpc) is 1.86. The zero-order chi connectivity index (χ0) is 8.36. The molecule has 2 atom stereocenters. The Bertz CT molecular complexity index is 132. The first-order valence-electron chi connectivity index (χ1n) is 3.51. The van der Waals surface area contributed by atoms with Crippen molar-refractivity contribution in [2.24, 2.45) is 17.4 Å². The van der Waals surface area contributed by atoms with Crippen LogP contribution in [0.2, 0.25) is 0 Å². The molecule has 0 saturated carbocycles. The van der Waals surface area contributed by atoms with E-state index in [0.29, 0.717) is 0 Å². The van der Waals surface area contributed by atoms with Crippen LogP contribution in [0.3, 0.4) is 0 Å². The molecule has 3 nitrogen and oxygen atoms in total. The van der Waals surface area contributed by atoms with Crippen LogP contribution in [0, 0.1) is 5.92 Å². The number of hydrogen-bond acceptors (Lipinski definition) is 2. The molecule has 4 N–H and O–H groups in total. The summed E-state index contributed by atoms with van der Waals surface area (Å²) in [4.78, 5) is 10.7. The summed E-state index contributed by atoms with van der Waals surface area (Å²) in [6.45, 7) is 5.58. The van der Waals surface area contributed by atoms with Crippen LogP contribution in [0.5, 0.6) is 0 Å². The molecule has 3 heteroatoms. The number of hydrogen-bond donors (Lipinski definition) is 2. The Kier molecular flexibility index (Phi) is 2.84. The maximum atomic E-state index is 10.7. The Labute approximate surface area is 61.8 Å². The van der Waals surface area contributed by atoms with Gasteiger partial charge in [0.15, 0.2) is 0 Å². The summed E-state index contributed by atoms with van der Waals surface area (Å²) in [6.07, 6.45) is 0.871. The Morgan fingerprint density at radius 1 is 1.70 bits per heavy atom. The highest BCUT2D eigenvalue weighted by Gasteiger charge is 2.30. The van der Waals surface area contributed by atoms with E-state index in [1.165, 1.54) is 0 Å². The minimum atomic E-state index is -0.852. The molecule has 0 aromatic carbocycles. The number of amides is 1. The van der Waals surface area contributed by atoms with Crippen molar-refractivity contribution < 1.29 is 4.79 Å². The standard InChI is InChI=1S/C7H16N2O/c1-4-5(2)7(3,9)6(8)10/h5H,4,9H2,1-3H3,(H2,8,10).